The lowest BCUT2D eigenvalue weighted by Gasteiger charge is -2.11. The molecule has 6 nitrogen and oxygen atoms in total. The predicted molar refractivity (Wildman–Crippen MR) is 73.5 cm³/mol. The van der Waals surface area contributed by atoms with Gasteiger partial charge in [0.1, 0.15) is 19.0 Å². The van der Waals surface area contributed by atoms with Gasteiger partial charge in [-0.2, -0.15) is 13.2 Å². The summed E-state index contributed by atoms with van der Waals surface area (Å²) >= 11 is 0. The average Bonchev–Trinajstić information content (AvgIpc) is 2.45. The highest BCUT2D eigenvalue weighted by Crippen LogP contribution is 2.20. The Morgan fingerprint density at radius 1 is 1.30 bits per heavy atom. The number of nitrogens with one attached hydrogen (secondary N) is 1. The van der Waals surface area contributed by atoms with E-state index in [2.05, 4.69) is 10.1 Å². The van der Waals surface area contributed by atoms with Gasteiger partial charge in [-0.1, -0.05) is 6.07 Å². The number of carbonyl (C=O) groups is 2. The number of ether oxygens (including phenoxy) is 2. The van der Waals surface area contributed by atoms with E-state index < -0.39 is 31.3 Å². The molecule has 0 aromatic heterocycles. The van der Waals surface area contributed by atoms with Crippen LogP contribution in [-0.4, -0.2) is 50.0 Å². The lowest BCUT2D eigenvalue weighted by Crippen LogP contribution is -2.31. The van der Waals surface area contributed by atoms with Gasteiger partial charge in [-0.05, 0) is 24.1 Å². The van der Waals surface area contributed by atoms with Gasteiger partial charge in [0.2, 0.25) is 5.91 Å². The summed E-state index contributed by atoms with van der Waals surface area (Å²) in [6.45, 7) is -2.02. The van der Waals surface area contributed by atoms with Crippen molar-refractivity contribution in [3.63, 3.8) is 0 Å². The standard InChI is InChI=1S/C14H16F3NO5/c1-22-11-6-10(13(20)21)3-2-9(11)4-5-18-12(19)7-23-8-14(15,16)17/h2-3,6H,4-5,7-8H2,1H3,(H,18,19)(H,20,21). The summed E-state index contributed by atoms with van der Waals surface area (Å²) in [4.78, 5) is 22.2. The first-order valence-electron chi connectivity index (χ1n) is 6.54. The largest absolute Gasteiger partial charge is 0.496 e. The maximum Gasteiger partial charge on any atom is 0.411 e. The molecule has 9 heteroatoms. The molecule has 0 aliphatic carbocycles. The first kappa shape index (κ1) is 18.8. The molecule has 0 fully saturated rings. The lowest BCUT2D eigenvalue weighted by molar-refractivity contribution is -0.175. The number of aromatic carboxylic acids is 1. The van der Waals surface area contributed by atoms with E-state index in [0.29, 0.717) is 17.7 Å². The molecule has 0 spiro atoms. The number of alkyl halides is 3. The van der Waals surface area contributed by atoms with E-state index in [-0.39, 0.29) is 12.1 Å². The molecule has 0 heterocycles. The third-order valence-electron chi connectivity index (χ3n) is 2.75. The van der Waals surface area contributed by atoms with Crippen molar-refractivity contribution in [2.45, 2.75) is 12.6 Å². The summed E-state index contributed by atoms with van der Waals surface area (Å²) < 4.78 is 44.8. The van der Waals surface area contributed by atoms with Crippen molar-refractivity contribution in [2.75, 3.05) is 26.9 Å². The van der Waals surface area contributed by atoms with E-state index in [1.165, 1.54) is 19.2 Å². The predicted octanol–water partition coefficient (Wildman–Crippen LogP) is 1.63. The number of rotatable bonds is 8. The Balaban J connectivity index is 2.43. The zero-order chi connectivity index (χ0) is 17.5. The lowest BCUT2D eigenvalue weighted by atomic mass is 10.1. The molecule has 0 unspecified atom stereocenters. The molecule has 0 aliphatic heterocycles. The minimum atomic E-state index is -4.47. The molecule has 128 valence electrons. The summed E-state index contributed by atoms with van der Waals surface area (Å²) in [5.41, 5.74) is 0.726. The van der Waals surface area contributed by atoms with E-state index >= 15 is 0 Å². The molecular weight excluding hydrogens is 319 g/mol. The van der Waals surface area contributed by atoms with Crippen LogP contribution < -0.4 is 10.1 Å². The molecule has 0 atom stereocenters. The van der Waals surface area contributed by atoms with Gasteiger partial charge in [-0.15, -0.1) is 0 Å². The molecule has 0 saturated carbocycles. The van der Waals surface area contributed by atoms with Crippen LogP contribution in [0.25, 0.3) is 0 Å². The van der Waals surface area contributed by atoms with Crippen LogP contribution in [0.2, 0.25) is 0 Å². The van der Waals surface area contributed by atoms with Crippen molar-refractivity contribution < 1.29 is 37.3 Å². The van der Waals surface area contributed by atoms with Crippen molar-refractivity contribution in [3.05, 3.63) is 29.3 Å². The Labute approximate surface area is 130 Å². The summed E-state index contributed by atoms with van der Waals surface area (Å²) in [6, 6.07) is 4.30. The normalized spacial score (nSPS) is 11.1. The van der Waals surface area contributed by atoms with Crippen molar-refractivity contribution in [1.29, 1.82) is 0 Å². The zero-order valence-corrected chi connectivity index (χ0v) is 12.3. The van der Waals surface area contributed by atoms with E-state index in [1.807, 2.05) is 0 Å². The molecule has 1 amide bonds. The number of halogens is 3. The molecule has 0 bridgehead atoms. The van der Waals surface area contributed by atoms with Crippen LogP contribution in [0, 0.1) is 0 Å². The van der Waals surface area contributed by atoms with Gasteiger partial charge in [0.05, 0.1) is 12.7 Å². The minimum absolute atomic E-state index is 0.0650. The Kier molecular flexibility index (Phi) is 6.83. The van der Waals surface area contributed by atoms with Crippen LogP contribution in [0.5, 0.6) is 5.75 Å². The molecule has 23 heavy (non-hydrogen) atoms. The Morgan fingerprint density at radius 2 is 2.00 bits per heavy atom. The summed E-state index contributed by atoms with van der Waals surface area (Å²) in [5, 5.41) is 11.3. The number of benzene rings is 1. The van der Waals surface area contributed by atoms with E-state index in [1.54, 1.807) is 6.07 Å². The topological polar surface area (TPSA) is 84.9 Å². The molecule has 1 aromatic rings. The highest BCUT2D eigenvalue weighted by Gasteiger charge is 2.27. The minimum Gasteiger partial charge on any atom is -0.496 e. The fourth-order valence-corrected chi connectivity index (χ4v) is 1.73. The Morgan fingerprint density at radius 3 is 2.57 bits per heavy atom. The monoisotopic (exact) mass is 335 g/mol. The maximum absolute atomic E-state index is 11.8. The fraction of sp³-hybridized carbons (Fsp3) is 0.429. The quantitative estimate of drug-likeness (QED) is 0.754. The second-order valence-electron chi connectivity index (χ2n) is 4.54. The highest BCUT2D eigenvalue weighted by atomic mass is 19.4. The number of hydrogen-bond donors (Lipinski definition) is 2. The molecule has 0 aliphatic rings. The molecule has 1 aromatic carbocycles. The first-order valence-corrected chi connectivity index (χ1v) is 6.54. The SMILES string of the molecule is COc1cc(C(=O)O)ccc1CCNC(=O)COCC(F)(F)F. The first-order chi connectivity index (χ1) is 10.7. The van der Waals surface area contributed by atoms with Crippen molar-refractivity contribution in [3.8, 4) is 5.75 Å². The van der Waals surface area contributed by atoms with Gasteiger partial charge >= 0.3 is 12.1 Å². The zero-order valence-electron chi connectivity index (χ0n) is 12.3. The van der Waals surface area contributed by atoms with E-state index in [9.17, 15) is 22.8 Å². The van der Waals surface area contributed by atoms with Gasteiger partial charge in [-0.25, -0.2) is 4.79 Å². The van der Waals surface area contributed by atoms with E-state index in [0.717, 1.165) is 0 Å². The molecule has 1 rings (SSSR count). The second kappa shape index (κ2) is 8.37. The van der Waals surface area contributed by atoms with E-state index in [4.69, 9.17) is 9.84 Å². The number of hydrogen-bond acceptors (Lipinski definition) is 4. The van der Waals surface area contributed by atoms with Crippen molar-refractivity contribution >= 4 is 11.9 Å². The third-order valence-corrected chi connectivity index (χ3v) is 2.75. The molecule has 0 radical (unpaired) electrons. The number of carboxylic acids is 1. The Hall–Kier alpha value is -2.29. The molecular formula is C14H16F3NO5. The highest BCUT2D eigenvalue weighted by molar-refractivity contribution is 5.88. The average molecular weight is 335 g/mol. The smallest absolute Gasteiger partial charge is 0.411 e. The maximum atomic E-state index is 11.8. The van der Waals surface area contributed by atoms with Crippen LogP contribution >= 0.6 is 0 Å². The summed E-state index contributed by atoms with van der Waals surface area (Å²) in [6.07, 6.45) is -4.15. The van der Waals surface area contributed by atoms with Gasteiger partial charge in [-0.3, -0.25) is 4.79 Å². The van der Waals surface area contributed by atoms with Gasteiger partial charge in [0.15, 0.2) is 0 Å². The van der Waals surface area contributed by atoms with Crippen LogP contribution in [0.1, 0.15) is 15.9 Å². The summed E-state index contributed by atoms with van der Waals surface area (Å²) in [5.74, 6) is -1.41. The van der Waals surface area contributed by atoms with Gasteiger partial charge in [0.25, 0.3) is 0 Å². The van der Waals surface area contributed by atoms with Crippen LogP contribution in [-0.2, 0) is 16.0 Å². The van der Waals surface area contributed by atoms with Crippen LogP contribution in [0.15, 0.2) is 18.2 Å². The third kappa shape index (κ3) is 7.00. The van der Waals surface area contributed by atoms with Crippen molar-refractivity contribution in [2.24, 2.45) is 0 Å². The van der Waals surface area contributed by atoms with Gasteiger partial charge < -0.3 is 19.9 Å². The number of carboxylic acid groups (broad SMARTS) is 1. The number of methoxy groups -OCH3 is 1. The fourth-order valence-electron chi connectivity index (χ4n) is 1.73. The van der Waals surface area contributed by atoms with Gasteiger partial charge in [0, 0.05) is 6.54 Å². The number of amides is 1. The molecule has 2 N–H and O–H groups in total. The van der Waals surface area contributed by atoms with Crippen LogP contribution in [0.3, 0.4) is 0 Å². The van der Waals surface area contributed by atoms with Crippen molar-refractivity contribution in [1.82, 2.24) is 5.32 Å². The Bertz CT molecular complexity index is 560. The van der Waals surface area contributed by atoms with Crippen LogP contribution in [0.4, 0.5) is 13.2 Å². The number of carbonyl (C=O) groups excluding carboxylic acids is 1. The summed E-state index contributed by atoms with van der Waals surface area (Å²) in [7, 11) is 1.38. The molecule has 0 saturated heterocycles. The second-order valence-corrected chi connectivity index (χ2v) is 4.54.